The van der Waals surface area contributed by atoms with Crippen molar-refractivity contribution >= 4 is 23.9 Å². The van der Waals surface area contributed by atoms with Gasteiger partial charge in [-0.25, -0.2) is 0 Å². The van der Waals surface area contributed by atoms with Crippen LogP contribution in [0.25, 0.3) is 0 Å². The highest BCUT2D eigenvalue weighted by atomic mass is 16.6. The fraction of sp³-hybridized carbons (Fsp3) is 0.657. The van der Waals surface area contributed by atoms with Crippen molar-refractivity contribution in [1.29, 1.82) is 0 Å². The van der Waals surface area contributed by atoms with E-state index in [-0.39, 0.29) is 49.8 Å². The van der Waals surface area contributed by atoms with Crippen LogP contribution in [-0.4, -0.2) is 50.3 Å². The number of hydrogen-bond donors (Lipinski definition) is 0. The standard InChI is InChI=1S/C35H52O8/c1-24(2)22-42-32(38)34(5,6)20-28(26-14-9-10-15-26)30(36)40-18-13-19-41-31(37)29(27-16-11-12-17-27)21-35(7,8)33(39)43-23-25(3)4/h9-12,14,16,24-25,28-29H,13,15,17-23H2,1-8H3. The van der Waals surface area contributed by atoms with Gasteiger partial charge in [-0.2, -0.15) is 0 Å². The minimum absolute atomic E-state index is 0.0729. The largest absolute Gasteiger partial charge is 0.465 e. The summed E-state index contributed by atoms with van der Waals surface area (Å²) in [5.41, 5.74) is 0.0605. The molecule has 0 radical (unpaired) electrons. The van der Waals surface area contributed by atoms with E-state index in [1.165, 1.54) is 0 Å². The molecule has 0 aliphatic heterocycles. The molecular weight excluding hydrogens is 548 g/mol. The van der Waals surface area contributed by atoms with E-state index in [1.807, 2.05) is 64.2 Å². The van der Waals surface area contributed by atoms with Crippen LogP contribution in [0.2, 0.25) is 0 Å². The van der Waals surface area contributed by atoms with Crippen molar-refractivity contribution in [3.63, 3.8) is 0 Å². The van der Waals surface area contributed by atoms with Gasteiger partial charge in [0, 0.05) is 6.42 Å². The monoisotopic (exact) mass is 600 g/mol. The summed E-state index contributed by atoms with van der Waals surface area (Å²) in [6.07, 6.45) is 13.6. The molecule has 8 nitrogen and oxygen atoms in total. The van der Waals surface area contributed by atoms with Crippen molar-refractivity contribution in [2.45, 2.75) is 87.5 Å². The van der Waals surface area contributed by atoms with Gasteiger partial charge >= 0.3 is 23.9 Å². The molecule has 2 atom stereocenters. The Balaban J connectivity index is 1.92. The molecule has 0 amide bonds. The Morgan fingerprint density at radius 3 is 1.33 bits per heavy atom. The van der Waals surface area contributed by atoms with Crippen LogP contribution >= 0.6 is 0 Å². The fourth-order valence-corrected chi connectivity index (χ4v) is 4.84. The second-order valence-corrected chi connectivity index (χ2v) is 13.7. The van der Waals surface area contributed by atoms with Gasteiger partial charge in [0.2, 0.25) is 0 Å². The van der Waals surface area contributed by atoms with Crippen LogP contribution in [-0.2, 0) is 38.1 Å². The van der Waals surface area contributed by atoms with E-state index in [9.17, 15) is 19.2 Å². The van der Waals surface area contributed by atoms with Crippen molar-refractivity contribution in [3.05, 3.63) is 47.6 Å². The summed E-state index contributed by atoms with van der Waals surface area (Å²) in [6, 6.07) is 0. The van der Waals surface area contributed by atoms with Gasteiger partial charge < -0.3 is 18.9 Å². The van der Waals surface area contributed by atoms with E-state index < -0.39 is 34.6 Å². The van der Waals surface area contributed by atoms with Gasteiger partial charge in [0.05, 0.1) is 49.1 Å². The van der Waals surface area contributed by atoms with Gasteiger partial charge in [-0.15, -0.1) is 0 Å². The Bertz CT molecular complexity index is 1020. The zero-order valence-electron chi connectivity index (χ0n) is 27.4. The maximum atomic E-state index is 13.2. The topological polar surface area (TPSA) is 105 Å². The second-order valence-electron chi connectivity index (χ2n) is 13.7. The molecular formula is C35H52O8. The van der Waals surface area contributed by atoms with E-state index in [1.54, 1.807) is 27.7 Å². The van der Waals surface area contributed by atoms with Crippen LogP contribution in [0.5, 0.6) is 0 Å². The van der Waals surface area contributed by atoms with E-state index in [0.29, 0.717) is 32.5 Å². The highest BCUT2D eigenvalue weighted by Gasteiger charge is 2.39. The van der Waals surface area contributed by atoms with Crippen LogP contribution in [0.3, 0.4) is 0 Å². The molecule has 0 fully saturated rings. The highest BCUT2D eigenvalue weighted by Crippen LogP contribution is 2.36. The molecule has 2 rings (SSSR count). The minimum atomic E-state index is -0.870. The SMILES string of the molecule is CC(C)COC(=O)C(C)(C)CC(C(=O)OCCCOC(=O)C(CC(C)(C)C(=O)OCC(C)C)C1=CC=CC1)C1=CC=CC1. The molecule has 0 heterocycles. The number of carbonyl (C=O) groups is 4. The Morgan fingerprint density at radius 1 is 0.651 bits per heavy atom. The summed E-state index contributed by atoms with van der Waals surface area (Å²) >= 11 is 0. The minimum Gasteiger partial charge on any atom is -0.465 e. The lowest BCUT2D eigenvalue weighted by molar-refractivity contribution is -0.158. The third-order valence-corrected chi connectivity index (χ3v) is 7.47. The van der Waals surface area contributed by atoms with Crippen LogP contribution in [0.15, 0.2) is 47.6 Å². The van der Waals surface area contributed by atoms with Crippen molar-refractivity contribution in [1.82, 2.24) is 0 Å². The van der Waals surface area contributed by atoms with Crippen molar-refractivity contribution in [3.8, 4) is 0 Å². The van der Waals surface area contributed by atoms with Crippen molar-refractivity contribution < 1.29 is 38.1 Å². The summed E-state index contributed by atoms with van der Waals surface area (Å²) in [5, 5.41) is 0. The summed E-state index contributed by atoms with van der Waals surface area (Å²) < 4.78 is 22.1. The summed E-state index contributed by atoms with van der Waals surface area (Å²) in [5.74, 6) is -2.22. The van der Waals surface area contributed by atoms with Crippen LogP contribution in [0, 0.1) is 34.5 Å². The molecule has 2 aliphatic carbocycles. The Kier molecular flexibility index (Phi) is 13.9. The number of rotatable bonds is 18. The number of hydrogen-bond acceptors (Lipinski definition) is 8. The number of ether oxygens (including phenoxy) is 4. The predicted octanol–water partition coefficient (Wildman–Crippen LogP) is 6.70. The zero-order valence-corrected chi connectivity index (χ0v) is 27.4. The van der Waals surface area contributed by atoms with Gasteiger partial charge in [0.1, 0.15) is 0 Å². The number of allylic oxidation sites excluding steroid dienone is 6. The van der Waals surface area contributed by atoms with E-state index in [0.717, 1.165) is 11.1 Å². The average molecular weight is 601 g/mol. The average Bonchev–Trinajstić information content (AvgIpc) is 3.66. The Labute approximate surface area is 257 Å². The van der Waals surface area contributed by atoms with Crippen LogP contribution in [0.1, 0.15) is 87.5 Å². The third kappa shape index (κ3) is 11.8. The first kappa shape index (κ1) is 36.0. The van der Waals surface area contributed by atoms with E-state index in [2.05, 4.69) is 0 Å². The van der Waals surface area contributed by atoms with Crippen molar-refractivity contribution in [2.24, 2.45) is 34.5 Å². The van der Waals surface area contributed by atoms with Gasteiger partial charge in [0.15, 0.2) is 0 Å². The zero-order chi connectivity index (χ0) is 32.2. The molecule has 0 bridgehead atoms. The summed E-state index contributed by atoms with van der Waals surface area (Å²) in [7, 11) is 0. The van der Waals surface area contributed by atoms with Gasteiger partial charge in [-0.3, -0.25) is 19.2 Å². The molecule has 43 heavy (non-hydrogen) atoms. The Hall–Kier alpha value is -3.16. The molecule has 2 unspecified atom stereocenters. The summed E-state index contributed by atoms with van der Waals surface area (Å²) in [6.45, 7) is 15.8. The number of carbonyl (C=O) groups excluding carboxylic acids is 4. The van der Waals surface area contributed by atoms with E-state index >= 15 is 0 Å². The lowest BCUT2D eigenvalue weighted by atomic mass is 9.79. The molecule has 240 valence electrons. The predicted molar refractivity (Wildman–Crippen MR) is 166 cm³/mol. The fourth-order valence-electron chi connectivity index (χ4n) is 4.84. The molecule has 0 aromatic carbocycles. The molecule has 8 heteroatoms. The molecule has 0 spiro atoms. The third-order valence-electron chi connectivity index (χ3n) is 7.47. The molecule has 2 aliphatic rings. The smallest absolute Gasteiger partial charge is 0.313 e. The van der Waals surface area contributed by atoms with Crippen molar-refractivity contribution in [2.75, 3.05) is 26.4 Å². The molecule has 0 N–H and O–H groups in total. The quantitative estimate of drug-likeness (QED) is 0.0972. The highest BCUT2D eigenvalue weighted by molar-refractivity contribution is 5.81. The van der Waals surface area contributed by atoms with Crippen LogP contribution < -0.4 is 0 Å². The lowest BCUT2D eigenvalue weighted by Gasteiger charge is -2.28. The molecule has 0 aromatic heterocycles. The first-order valence-corrected chi connectivity index (χ1v) is 15.5. The summed E-state index contributed by atoms with van der Waals surface area (Å²) in [4.78, 5) is 51.9. The molecule has 0 saturated heterocycles. The lowest BCUT2D eigenvalue weighted by Crippen LogP contribution is -2.34. The molecule has 0 aromatic rings. The van der Waals surface area contributed by atoms with Gasteiger partial charge in [-0.1, -0.05) is 75.3 Å². The van der Waals surface area contributed by atoms with Crippen LogP contribution in [0.4, 0.5) is 0 Å². The van der Waals surface area contributed by atoms with E-state index in [4.69, 9.17) is 18.9 Å². The van der Waals surface area contributed by atoms with Gasteiger partial charge in [0.25, 0.3) is 0 Å². The maximum Gasteiger partial charge on any atom is 0.313 e. The maximum absolute atomic E-state index is 13.2. The first-order valence-electron chi connectivity index (χ1n) is 15.5. The number of esters is 4. The molecule has 0 saturated carbocycles. The Morgan fingerprint density at radius 2 is 1.02 bits per heavy atom. The normalized spacial score (nSPS) is 16.1. The van der Waals surface area contributed by atoms with Gasteiger partial charge in [-0.05, 0) is 65.2 Å². The second kappa shape index (κ2) is 16.6. The first-order chi connectivity index (χ1) is 20.1.